The Labute approximate surface area is 117 Å². The van der Waals surface area contributed by atoms with Gasteiger partial charge in [0.2, 0.25) is 0 Å². The molecule has 4 nitrogen and oxygen atoms in total. The minimum absolute atomic E-state index is 0.244. The van der Waals surface area contributed by atoms with Crippen LogP contribution in [0.4, 0.5) is 0 Å². The maximum Gasteiger partial charge on any atom is 0.113 e. The van der Waals surface area contributed by atoms with Crippen molar-refractivity contribution in [3.05, 3.63) is 34.3 Å². The van der Waals surface area contributed by atoms with E-state index in [1.165, 1.54) is 18.5 Å². The molecule has 1 fully saturated rings. The van der Waals surface area contributed by atoms with Crippen molar-refractivity contribution in [1.82, 2.24) is 19.9 Å². The quantitative estimate of drug-likeness (QED) is 0.935. The molecule has 0 radical (unpaired) electrons. The van der Waals surface area contributed by atoms with Crippen LogP contribution in [0.25, 0.3) is 0 Å². The van der Waals surface area contributed by atoms with E-state index in [9.17, 15) is 0 Å². The normalized spacial score (nSPS) is 18.6. The summed E-state index contributed by atoms with van der Waals surface area (Å²) in [6.07, 6.45) is 6.33. The summed E-state index contributed by atoms with van der Waals surface area (Å²) in [6, 6.07) is 0. The average molecular weight is 276 g/mol. The van der Waals surface area contributed by atoms with Crippen LogP contribution < -0.4 is 5.32 Å². The van der Waals surface area contributed by atoms with E-state index in [4.69, 9.17) is 0 Å². The van der Waals surface area contributed by atoms with Gasteiger partial charge in [-0.2, -0.15) is 0 Å². The number of nitrogens with one attached hydrogen (secondary N) is 1. The van der Waals surface area contributed by atoms with E-state index in [0.29, 0.717) is 0 Å². The van der Waals surface area contributed by atoms with Gasteiger partial charge in [0.1, 0.15) is 5.01 Å². The van der Waals surface area contributed by atoms with Crippen molar-refractivity contribution in [3.8, 4) is 0 Å². The first kappa shape index (κ1) is 12.8. The van der Waals surface area contributed by atoms with E-state index in [1.807, 2.05) is 19.4 Å². The minimum Gasteiger partial charge on any atom is -0.327 e. The van der Waals surface area contributed by atoms with Crippen LogP contribution in [-0.4, -0.2) is 27.6 Å². The van der Waals surface area contributed by atoms with Gasteiger partial charge >= 0.3 is 0 Å². The molecule has 0 aromatic carbocycles. The van der Waals surface area contributed by atoms with Gasteiger partial charge < -0.3 is 9.88 Å². The highest BCUT2D eigenvalue weighted by molar-refractivity contribution is 7.09. The van der Waals surface area contributed by atoms with Crippen LogP contribution in [0.3, 0.4) is 0 Å². The molecule has 0 aliphatic carbocycles. The predicted octanol–water partition coefficient (Wildman–Crippen LogP) is 2.34. The Morgan fingerprint density at radius 3 is 2.89 bits per heavy atom. The van der Waals surface area contributed by atoms with Crippen LogP contribution in [0.5, 0.6) is 0 Å². The second-order valence-electron chi connectivity index (χ2n) is 5.60. The summed E-state index contributed by atoms with van der Waals surface area (Å²) >= 11 is 1.73. The summed E-state index contributed by atoms with van der Waals surface area (Å²) in [5, 5.41) is 6.71. The number of nitrogens with zero attached hydrogens (tertiary/aromatic N) is 3. The van der Waals surface area contributed by atoms with E-state index in [1.54, 1.807) is 11.3 Å². The lowest BCUT2D eigenvalue weighted by molar-refractivity contribution is 0.318. The van der Waals surface area contributed by atoms with Gasteiger partial charge in [0.15, 0.2) is 0 Å². The number of rotatable bonds is 3. The van der Waals surface area contributed by atoms with Gasteiger partial charge in [0.05, 0.1) is 12.9 Å². The van der Waals surface area contributed by atoms with Crippen LogP contribution in [0, 0.1) is 6.92 Å². The smallest absolute Gasteiger partial charge is 0.113 e. The van der Waals surface area contributed by atoms with Gasteiger partial charge in [-0.05, 0) is 32.9 Å². The second-order valence-corrected chi connectivity index (χ2v) is 6.54. The first-order valence-electron chi connectivity index (χ1n) is 6.80. The molecule has 0 spiro atoms. The molecule has 0 amide bonds. The van der Waals surface area contributed by atoms with Crippen molar-refractivity contribution in [2.24, 2.45) is 0 Å². The number of thiazole rings is 1. The Hall–Kier alpha value is -1.20. The molecule has 0 atom stereocenters. The molecule has 0 bridgehead atoms. The third-order valence-corrected chi connectivity index (χ3v) is 4.96. The Balaban J connectivity index is 1.85. The van der Waals surface area contributed by atoms with Gasteiger partial charge in [-0.1, -0.05) is 6.92 Å². The zero-order chi connectivity index (χ0) is 13.3. The highest BCUT2D eigenvalue weighted by atomic mass is 32.1. The molecule has 19 heavy (non-hydrogen) atoms. The van der Waals surface area contributed by atoms with Gasteiger partial charge in [-0.15, -0.1) is 11.3 Å². The molecule has 1 N–H and O–H groups in total. The highest BCUT2D eigenvalue weighted by Crippen LogP contribution is 2.32. The molecule has 0 unspecified atom stereocenters. The fraction of sp³-hybridized carbons (Fsp3) is 0.571. The van der Waals surface area contributed by atoms with Gasteiger partial charge in [-0.3, -0.25) is 0 Å². The predicted molar refractivity (Wildman–Crippen MR) is 77.6 cm³/mol. The average Bonchev–Trinajstić information content (AvgIpc) is 3.00. The first-order chi connectivity index (χ1) is 9.17. The standard InChI is InChI=1S/C14H20N4S/c1-11-9-19-13(17-11)8-18-10-16-7-12(18)14(2)3-5-15-6-4-14/h7,9-10,15H,3-6,8H2,1-2H3. The fourth-order valence-corrected chi connectivity index (χ4v) is 3.57. The van der Waals surface area contributed by atoms with Crippen LogP contribution in [0.2, 0.25) is 0 Å². The molecular weight excluding hydrogens is 256 g/mol. The SMILES string of the molecule is Cc1csc(Cn2cncc2C2(C)CCNCC2)n1. The van der Waals surface area contributed by atoms with Crippen LogP contribution in [0.15, 0.2) is 17.9 Å². The molecule has 2 aromatic heterocycles. The maximum absolute atomic E-state index is 4.55. The summed E-state index contributed by atoms with van der Waals surface area (Å²) in [5.41, 5.74) is 2.70. The Morgan fingerprint density at radius 1 is 1.42 bits per heavy atom. The van der Waals surface area contributed by atoms with Gasteiger partial charge in [-0.25, -0.2) is 9.97 Å². The summed E-state index contributed by atoms with van der Waals surface area (Å²) in [6.45, 7) is 7.43. The molecular formula is C14H20N4S. The number of aryl methyl sites for hydroxylation is 1. The summed E-state index contributed by atoms with van der Waals surface area (Å²) in [4.78, 5) is 8.92. The molecule has 1 saturated heterocycles. The molecule has 5 heteroatoms. The van der Waals surface area contributed by atoms with Crippen molar-refractivity contribution in [2.45, 2.75) is 38.6 Å². The monoisotopic (exact) mass is 276 g/mol. The number of hydrogen-bond donors (Lipinski definition) is 1. The molecule has 1 aliphatic heterocycles. The molecule has 102 valence electrons. The largest absolute Gasteiger partial charge is 0.327 e. The third kappa shape index (κ3) is 2.58. The van der Waals surface area contributed by atoms with E-state index < -0.39 is 0 Å². The van der Waals surface area contributed by atoms with Crippen molar-refractivity contribution < 1.29 is 0 Å². The van der Waals surface area contributed by atoms with Crippen molar-refractivity contribution in [1.29, 1.82) is 0 Å². The summed E-state index contributed by atoms with van der Waals surface area (Å²) < 4.78 is 2.27. The van der Waals surface area contributed by atoms with E-state index >= 15 is 0 Å². The topological polar surface area (TPSA) is 42.7 Å². The first-order valence-corrected chi connectivity index (χ1v) is 7.68. The molecule has 2 aromatic rings. The van der Waals surface area contributed by atoms with Gasteiger partial charge in [0.25, 0.3) is 0 Å². The molecule has 3 rings (SSSR count). The lowest BCUT2D eigenvalue weighted by Crippen LogP contribution is -2.39. The van der Waals surface area contributed by atoms with Crippen LogP contribution in [0.1, 0.15) is 36.2 Å². The van der Waals surface area contributed by atoms with E-state index in [2.05, 4.69) is 32.2 Å². The maximum atomic E-state index is 4.55. The third-order valence-electron chi connectivity index (χ3n) is 4.01. The van der Waals surface area contributed by atoms with Crippen molar-refractivity contribution in [2.75, 3.05) is 13.1 Å². The lowest BCUT2D eigenvalue weighted by Gasteiger charge is -2.34. The van der Waals surface area contributed by atoms with Crippen LogP contribution >= 0.6 is 11.3 Å². The van der Waals surface area contributed by atoms with E-state index in [0.717, 1.165) is 30.3 Å². The highest BCUT2D eigenvalue weighted by Gasteiger charge is 2.31. The lowest BCUT2D eigenvalue weighted by atomic mass is 9.78. The zero-order valence-corrected chi connectivity index (χ0v) is 12.3. The molecule has 1 aliphatic rings. The number of piperidine rings is 1. The number of imidazole rings is 1. The van der Waals surface area contributed by atoms with Crippen molar-refractivity contribution >= 4 is 11.3 Å². The van der Waals surface area contributed by atoms with Gasteiger partial charge in [0, 0.05) is 28.4 Å². The van der Waals surface area contributed by atoms with E-state index in [-0.39, 0.29) is 5.41 Å². The Kier molecular flexibility index (Phi) is 3.41. The van der Waals surface area contributed by atoms with Crippen LogP contribution in [-0.2, 0) is 12.0 Å². The second kappa shape index (κ2) is 5.06. The van der Waals surface area contributed by atoms with Crippen molar-refractivity contribution in [3.63, 3.8) is 0 Å². The summed E-state index contributed by atoms with van der Waals surface area (Å²) in [5.74, 6) is 0. The number of hydrogen-bond acceptors (Lipinski definition) is 4. The summed E-state index contributed by atoms with van der Waals surface area (Å²) in [7, 11) is 0. The number of aromatic nitrogens is 3. The Bertz CT molecular complexity index is 551. The zero-order valence-electron chi connectivity index (χ0n) is 11.5. The molecule has 3 heterocycles. The fourth-order valence-electron chi connectivity index (χ4n) is 2.81. The molecule has 0 saturated carbocycles. The Morgan fingerprint density at radius 2 is 2.21 bits per heavy atom. The minimum atomic E-state index is 0.244.